The molecule has 1 aromatic rings. The van der Waals surface area contributed by atoms with E-state index in [0.29, 0.717) is 5.41 Å². The summed E-state index contributed by atoms with van der Waals surface area (Å²) in [5.74, 6) is 3.93. The molecule has 2 heteroatoms. The summed E-state index contributed by atoms with van der Waals surface area (Å²) in [4.78, 5) is 4.86. The van der Waals surface area contributed by atoms with E-state index in [1.54, 1.807) is 7.11 Å². The van der Waals surface area contributed by atoms with E-state index >= 15 is 0 Å². The Balaban J connectivity index is 1.45. The fourth-order valence-corrected chi connectivity index (χ4v) is 5.60. The van der Waals surface area contributed by atoms with Gasteiger partial charge in [-0.2, -0.15) is 0 Å². The molecule has 4 bridgehead atoms. The minimum absolute atomic E-state index is 0.538. The summed E-state index contributed by atoms with van der Waals surface area (Å²) < 4.78 is 5.21. The lowest BCUT2D eigenvalue weighted by atomic mass is 9.58. The zero-order valence-corrected chi connectivity index (χ0v) is 13.6. The van der Waals surface area contributed by atoms with E-state index in [-0.39, 0.29) is 0 Å². The van der Waals surface area contributed by atoms with Crippen LogP contribution in [0.1, 0.15) is 50.5 Å². The molecular weight excluding hydrogens is 270 g/mol. The minimum atomic E-state index is 0.538. The first-order valence-corrected chi connectivity index (χ1v) is 8.89. The number of methoxy groups -OCH3 is 1. The van der Waals surface area contributed by atoms with E-state index in [4.69, 9.17) is 9.73 Å². The molecule has 2 nitrogen and oxygen atoms in total. The van der Waals surface area contributed by atoms with Crippen LogP contribution in [-0.2, 0) is 0 Å². The average Bonchev–Trinajstić information content (AvgIpc) is 2.73. The summed E-state index contributed by atoms with van der Waals surface area (Å²) in [6.45, 7) is 1.04. The summed E-state index contributed by atoms with van der Waals surface area (Å²) in [6.07, 6.45) is 12.4. The Kier molecular flexibility index (Phi) is 3.71. The highest BCUT2D eigenvalue weighted by Crippen LogP contribution is 2.57. The molecular formula is C20H27NO. The number of hydrogen-bond acceptors (Lipinski definition) is 2. The van der Waals surface area contributed by atoms with Gasteiger partial charge in [-0.25, -0.2) is 0 Å². The molecule has 0 radical (unpaired) electrons. The second-order valence-electron chi connectivity index (χ2n) is 8.00. The third-order valence-corrected chi connectivity index (χ3v) is 6.26. The number of rotatable bonds is 4. The second-order valence-corrected chi connectivity index (χ2v) is 8.00. The molecule has 0 saturated heterocycles. The van der Waals surface area contributed by atoms with Crippen LogP contribution in [0.15, 0.2) is 29.3 Å². The summed E-state index contributed by atoms with van der Waals surface area (Å²) in [5.41, 5.74) is 1.72. The van der Waals surface area contributed by atoms with Crippen molar-refractivity contribution in [3.63, 3.8) is 0 Å². The van der Waals surface area contributed by atoms with Gasteiger partial charge in [0.15, 0.2) is 0 Å². The molecule has 0 heterocycles. The Morgan fingerprint density at radius 2 is 1.68 bits per heavy atom. The molecule has 5 rings (SSSR count). The standard InChI is InChI=1S/C20H27NO/c1-22-19-6-4-15(5-7-19)13-21-14-20-10-16-2-3-17(11-20)9-18(8-16)12-20/h4-7,13,16-18H,2-3,8-12,14H2,1H3/t16-,17+,18?,20?. The maximum absolute atomic E-state index is 5.21. The van der Waals surface area contributed by atoms with Crippen LogP contribution >= 0.6 is 0 Å². The van der Waals surface area contributed by atoms with Crippen molar-refractivity contribution in [1.82, 2.24) is 0 Å². The Labute approximate surface area is 134 Å². The van der Waals surface area contributed by atoms with E-state index in [9.17, 15) is 0 Å². The van der Waals surface area contributed by atoms with Crippen LogP contribution in [0, 0.1) is 23.2 Å². The van der Waals surface area contributed by atoms with Crippen molar-refractivity contribution in [2.24, 2.45) is 28.2 Å². The highest BCUT2D eigenvalue weighted by atomic mass is 16.5. The van der Waals surface area contributed by atoms with E-state index in [1.165, 1.54) is 50.5 Å². The Morgan fingerprint density at radius 3 is 2.32 bits per heavy atom. The van der Waals surface area contributed by atoms with Crippen molar-refractivity contribution < 1.29 is 4.74 Å². The highest BCUT2D eigenvalue weighted by molar-refractivity contribution is 5.79. The maximum atomic E-state index is 5.21. The molecule has 118 valence electrons. The Hall–Kier alpha value is -1.31. The lowest BCUT2D eigenvalue weighted by Crippen LogP contribution is -2.39. The molecule has 0 aromatic heterocycles. The van der Waals surface area contributed by atoms with Crippen LogP contribution in [0.25, 0.3) is 0 Å². The van der Waals surface area contributed by atoms with Gasteiger partial charge in [0.2, 0.25) is 0 Å². The highest BCUT2D eigenvalue weighted by Gasteiger charge is 2.48. The summed E-state index contributed by atoms with van der Waals surface area (Å²) in [7, 11) is 1.71. The Morgan fingerprint density at radius 1 is 1.05 bits per heavy atom. The van der Waals surface area contributed by atoms with E-state index in [0.717, 1.165) is 30.0 Å². The number of aliphatic imine (C=N–C) groups is 1. The smallest absolute Gasteiger partial charge is 0.118 e. The van der Waals surface area contributed by atoms with Crippen LogP contribution in [0.5, 0.6) is 5.75 Å². The molecule has 2 unspecified atom stereocenters. The van der Waals surface area contributed by atoms with E-state index in [2.05, 4.69) is 18.3 Å². The molecule has 22 heavy (non-hydrogen) atoms. The van der Waals surface area contributed by atoms with Crippen molar-refractivity contribution in [3.8, 4) is 5.75 Å². The minimum Gasteiger partial charge on any atom is -0.497 e. The molecule has 4 atom stereocenters. The number of fused-ring (bicyclic) bond motifs is 1. The first kappa shape index (κ1) is 14.3. The van der Waals surface area contributed by atoms with Gasteiger partial charge in [0.25, 0.3) is 0 Å². The second kappa shape index (κ2) is 5.72. The van der Waals surface area contributed by atoms with Gasteiger partial charge in [0, 0.05) is 12.8 Å². The van der Waals surface area contributed by atoms with Gasteiger partial charge >= 0.3 is 0 Å². The van der Waals surface area contributed by atoms with Gasteiger partial charge in [0.1, 0.15) is 5.75 Å². The number of nitrogens with zero attached hydrogens (tertiary/aromatic N) is 1. The van der Waals surface area contributed by atoms with Crippen LogP contribution in [0.2, 0.25) is 0 Å². The van der Waals surface area contributed by atoms with Crippen LogP contribution < -0.4 is 4.74 Å². The summed E-state index contributed by atoms with van der Waals surface area (Å²) in [5, 5.41) is 0. The molecule has 4 aliphatic rings. The molecule has 1 aromatic carbocycles. The fraction of sp³-hybridized carbons (Fsp3) is 0.650. The van der Waals surface area contributed by atoms with Gasteiger partial charge in [0.05, 0.1) is 7.11 Å². The van der Waals surface area contributed by atoms with E-state index in [1.807, 2.05) is 12.1 Å². The van der Waals surface area contributed by atoms with Crippen molar-refractivity contribution in [2.75, 3.05) is 13.7 Å². The maximum Gasteiger partial charge on any atom is 0.118 e. The molecule has 4 fully saturated rings. The number of ether oxygens (including phenoxy) is 1. The summed E-state index contributed by atoms with van der Waals surface area (Å²) >= 11 is 0. The monoisotopic (exact) mass is 297 g/mol. The van der Waals surface area contributed by atoms with Gasteiger partial charge in [-0.3, -0.25) is 4.99 Å². The zero-order valence-electron chi connectivity index (χ0n) is 13.6. The molecule has 4 aliphatic carbocycles. The third kappa shape index (κ3) is 2.80. The zero-order chi connectivity index (χ0) is 15.0. The van der Waals surface area contributed by atoms with Gasteiger partial charge in [-0.05, 0) is 85.1 Å². The SMILES string of the molecule is COc1ccc(C=NCC23CC4C[C@@H](CC[C@@H](C4)C2)C3)cc1. The largest absolute Gasteiger partial charge is 0.497 e. The predicted molar refractivity (Wildman–Crippen MR) is 90.7 cm³/mol. The van der Waals surface area contributed by atoms with Crippen molar-refractivity contribution in [2.45, 2.75) is 44.9 Å². The van der Waals surface area contributed by atoms with Crippen LogP contribution in [-0.4, -0.2) is 19.9 Å². The van der Waals surface area contributed by atoms with Crippen molar-refractivity contribution in [3.05, 3.63) is 29.8 Å². The van der Waals surface area contributed by atoms with E-state index < -0.39 is 0 Å². The third-order valence-electron chi connectivity index (χ3n) is 6.26. The summed E-state index contributed by atoms with van der Waals surface area (Å²) in [6, 6.07) is 8.21. The van der Waals surface area contributed by atoms with Crippen molar-refractivity contribution >= 4 is 6.21 Å². The van der Waals surface area contributed by atoms with Gasteiger partial charge in [-0.15, -0.1) is 0 Å². The predicted octanol–water partition coefficient (Wildman–Crippen LogP) is 4.72. The molecule has 0 spiro atoms. The van der Waals surface area contributed by atoms with Crippen LogP contribution in [0.4, 0.5) is 0 Å². The van der Waals surface area contributed by atoms with Crippen LogP contribution in [0.3, 0.4) is 0 Å². The number of benzene rings is 1. The van der Waals surface area contributed by atoms with Crippen molar-refractivity contribution in [1.29, 1.82) is 0 Å². The molecule has 0 N–H and O–H groups in total. The fourth-order valence-electron chi connectivity index (χ4n) is 5.60. The lowest BCUT2D eigenvalue weighted by molar-refractivity contribution is 0.0428. The quantitative estimate of drug-likeness (QED) is 0.737. The molecule has 0 amide bonds. The first-order valence-electron chi connectivity index (χ1n) is 8.89. The first-order chi connectivity index (χ1) is 10.7. The average molecular weight is 297 g/mol. The molecule has 0 aliphatic heterocycles. The van der Waals surface area contributed by atoms with Gasteiger partial charge < -0.3 is 4.74 Å². The lowest BCUT2D eigenvalue weighted by Gasteiger charge is -2.47. The normalized spacial score (nSPS) is 36.7. The number of hydrogen-bond donors (Lipinski definition) is 0. The Bertz CT molecular complexity index is 531. The molecule has 4 saturated carbocycles. The topological polar surface area (TPSA) is 21.6 Å². The van der Waals surface area contributed by atoms with Gasteiger partial charge in [-0.1, -0.05) is 12.8 Å².